The third-order valence-corrected chi connectivity index (χ3v) is 8.78. The van der Waals surface area contributed by atoms with E-state index in [4.69, 9.17) is 14.0 Å². The van der Waals surface area contributed by atoms with Crippen LogP contribution in [0.2, 0.25) is 0 Å². The van der Waals surface area contributed by atoms with Gasteiger partial charge in [-0.15, -0.1) is 0 Å². The standard InChI is InChI=1S/C37H51FN6O4S/c1-35(2,3)25-16-19-27(39-22-25)28(18-15-24-12-11-21-44(23-24)34(46)47-37(7,8)9)40-30-13-10-14-31(42-30)49-48-43-33(45)26-17-20-29(36(4,5)6)41-32(26)38/h10,13-14,16-17,19-20,22,24,28H,11-12,15,18,21,23H2,1-9H3,(H,40,42)(H,43,45). The quantitative estimate of drug-likeness (QED) is 0.122. The lowest BCUT2D eigenvalue weighted by Gasteiger charge is -2.34. The van der Waals surface area contributed by atoms with Crippen molar-refractivity contribution in [3.05, 3.63) is 77.1 Å². The Bertz CT molecular complexity index is 1580. The molecule has 4 rings (SSSR count). The first kappa shape index (κ1) is 38.0. The zero-order chi connectivity index (χ0) is 36.0. The van der Waals surface area contributed by atoms with Crippen molar-refractivity contribution in [2.24, 2.45) is 5.92 Å². The minimum absolute atomic E-state index is 0.0254. The van der Waals surface area contributed by atoms with Crippen LogP contribution in [0.5, 0.6) is 0 Å². The normalized spacial score (nSPS) is 16.2. The molecule has 0 aliphatic carbocycles. The van der Waals surface area contributed by atoms with Crippen molar-refractivity contribution < 1.29 is 23.0 Å². The van der Waals surface area contributed by atoms with Crippen molar-refractivity contribution in [2.45, 2.75) is 115 Å². The molecule has 1 aliphatic heterocycles. The van der Waals surface area contributed by atoms with Crippen LogP contribution in [0.4, 0.5) is 15.0 Å². The number of piperidine rings is 1. The summed E-state index contributed by atoms with van der Waals surface area (Å²) in [7, 11) is 0. The lowest BCUT2D eigenvalue weighted by atomic mass is 9.87. The molecule has 0 saturated carbocycles. The summed E-state index contributed by atoms with van der Waals surface area (Å²) in [6, 6.07) is 12.5. The van der Waals surface area contributed by atoms with Crippen molar-refractivity contribution in [1.82, 2.24) is 25.3 Å². The van der Waals surface area contributed by atoms with Crippen LogP contribution in [0.1, 0.15) is 121 Å². The van der Waals surface area contributed by atoms with Crippen LogP contribution in [0.25, 0.3) is 0 Å². The number of pyridine rings is 3. The van der Waals surface area contributed by atoms with E-state index >= 15 is 0 Å². The summed E-state index contributed by atoms with van der Waals surface area (Å²) in [4.78, 5) is 40.7. The third kappa shape index (κ3) is 11.4. The highest BCUT2D eigenvalue weighted by Crippen LogP contribution is 2.31. The topological polar surface area (TPSA) is 119 Å². The number of anilines is 1. The second kappa shape index (κ2) is 15.8. The fourth-order valence-electron chi connectivity index (χ4n) is 5.44. The highest BCUT2D eigenvalue weighted by Gasteiger charge is 2.29. The van der Waals surface area contributed by atoms with E-state index in [0.29, 0.717) is 35.5 Å². The maximum absolute atomic E-state index is 14.6. The van der Waals surface area contributed by atoms with Crippen molar-refractivity contribution in [1.29, 1.82) is 0 Å². The highest BCUT2D eigenvalue weighted by atomic mass is 32.2. The van der Waals surface area contributed by atoms with Gasteiger partial charge in [0.05, 0.1) is 29.3 Å². The molecule has 0 aromatic carbocycles. The maximum Gasteiger partial charge on any atom is 0.410 e. The molecule has 0 spiro atoms. The molecule has 1 fully saturated rings. The van der Waals surface area contributed by atoms with Crippen LogP contribution in [-0.4, -0.2) is 50.5 Å². The monoisotopic (exact) mass is 694 g/mol. The first-order valence-corrected chi connectivity index (χ1v) is 17.6. The molecule has 4 heterocycles. The van der Waals surface area contributed by atoms with Gasteiger partial charge >= 0.3 is 6.09 Å². The molecule has 1 saturated heterocycles. The van der Waals surface area contributed by atoms with E-state index < -0.39 is 17.5 Å². The molecular weight excluding hydrogens is 644 g/mol. The number of halogens is 1. The predicted octanol–water partition coefficient (Wildman–Crippen LogP) is 8.55. The molecule has 3 aromatic heterocycles. The average molecular weight is 695 g/mol. The second-order valence-corrected chi connectivity index (χ2v) is 16.4. The van der Waals surface area contributed by atoms with Gasteiger partial charge in [-0.3, -0.25) is 9.78 Å². The number of likely N-dealkylation sites (tertiary alicyclic amines) is 1. The largest absolute Gasteiger partial charge is 0.444 e. The molecule has 49 heavy (non-hydrogen) atoms. The Morgan fingerprint density at radius 1 is 1.00 bits per heavy atom. The van der Waals surface area contributed by atoms with Crippen LogP contribution < -0.4 is 10.8 Å². The number of rotatable bonds is 10. The van der Waals surface area contributed by atoms with Crippen molar-refractivity contribution in [3.63, 3.8) is 0 Å². The minimum Gasteiger partial charge on any atom is -0.444 e. The summed E-state index contributed by atoms with van der Waals surface area (Å²) in [6.07, 6.45) is 5.29. The lowest BCUT2D eigenvalue weighted by Crippen LogP contribution is -2.43. The SMILES string of the molecule is CC(C)(C)OC(=O)N1CCCC(CCC(Nc2cccc(SONC(=O)c3ccc(C(C)(C)C)nc3F)n2)c2ccc(C(C)(C)C)cn2)C1. The molecule has 1 aliphatic rings. The van der Waals surface area contributed by atoms with Gasteiger partial charge in [0.2, 0.25) is 5.95 Å². The second-order valence-electron chi connectivity index (χ2n) is 15.7. The number of nitrogens with zero attached hydrogens (tertiary/aromatic N) is 4. The molecule has 0 bridgehead atoms. The molecule has 0 radical (unpaired) electrons. The zero-order valence-corrected chi connectivity index (χ0v) is 31.0. The van der Waals surface area contributed by atoms with E-state index in [9.17, 15) is 14.0 Å². The number of hydroxylamine groups is 1. The summed E-state index contributed by atoms with van der Waals surface area (Å²) in [5.41, 5.74) is 3.73. The predicted molar refractivity (Wildman–Crippen MR) is 191 cm³/mol. The highest BCUT2D eigenvalue weighted by molar-refractivity contribution is 7.94. The van der Waals surface area contributed by atoms with Crippen LogP contribution in [0.15, 0.2) is 53.7 Å². The minimum atomic E-state index is -0.858. The lowest BCUT2D eigenvalue weighted by molar-refractivity contribution is 0.0160. The van der Waals surface area contributed by atoms with Gasteiger partial charge in [0.15, 0.2) is 0 Å². The van der Waals surface area contributed by atoms with Crippen molar-refractivity contribution >= 4 is 29.9 Å². The first-order valence-electron chi connectivity index (χ1n) is 16.9. The fourth-order valence-corrected chi connectivity index (χ4v) is 5.91. The van der Waals surface area contributed by atoms with E-state index in [0.717, 1.165) is 49.0 Å². The number of carbonyl (C=O) groups is 2. The van der Waals surface area contributed by atoms with Crippen LogP contribution in [0.3, 0.4) is 0 Å². The Hall–Kier alpha value is -3.77. The van der Waals surface area contributed by atoms with Crippen LogP contribution in [0, 0.1) is 11.9 Å². The van der Waals surface area contributed by atoms with Crippen molar-refractivity contribution in [2.75, 3.05) is 18.4 Å². The smallest absolute Gasteiger partial charge is 0.410 e. The van der Waals surface area contributed by atoms with Crippen LogP contribution >= 0.6 is 12.0 Å². The number of ether oxygens (including phenoxy) is 1. The van der Waals surface area contributed by atoms with E-state index in [1.54, 1.807) is 12.1 Å². The molecule has 3 aromatic rings. The number of hydrogen-bond donors (Lipinski definition) is 2. The number of amides is 2. The first-order chi connectivity index (χ1) is 22.9. The van der Waals surface area contributed by atoms with E-state index in [2.05, 4.69) is 53.7 Å². The fraction of sp³-hybridized carbons (Fsp3) is 0.541. The van der Waals surface area contributed by atoms with Gasteiger partial charge < -0.3 is 15.0 Å². The van der Waals surface area contributed by atoms with E-state index in [-0.39, 0.29) is 28.5 Å². The summed E-state index contributed by atoms with van der Waals surface area (Å²) in [6.45, 7) is 19.3. The molecule has 2 atom stereocenters. The average Bonchev–Trinajstić information content (AvgIpc) is 3.01. The number of aromatic nitrogens is 3. The zero-order valence-electron chi connectivity index (χ0n) is 30.2. The Morgan fingerprint density at radius 2 is 1.76 bits per heavy atom. The Balaban J connectivity index is 1.42. The molecule has 2 amide bonds. The Labute approximate surface area is 294 Å². The summed E-state index contributed by atoms with van der Waals surface area (Å²) < 4.78 is 25.6. The number of nitrogens with one attached hydrogen (secondary N) is 2. The van der Waals surface area contributed by atoms with Gasteiger partial charge in [-0.25, -0.2) is 20.2 Å². The van der Waals surface area contributed by atoms with Gasteiger partial charge in [-0.1, -0.05) is 53.7 Å². The van der Waals surface area contributed by atoms with E-state index in [1.807, 2.05) is 64.8 Å². The molecule has 10 nitrogen and oxygen atoms in total. The maximum atomic E-state index is 14.6. The van der Waals surface area contributed by atoms with Gasteiger partial charge in [0.25, 0.3) is 5.91 Å². The molecular formula is C37H51FN6O4S. The Kier molecular flexibility index (Phi) is 12.3. The summed E-state index contributed by atoms with van der Waals surface area (Å²) in [5.74, 6) is -0.663. The number of hydrogen-bond acceptors (Lipinski definition) is 9. The van der Waals surface area contributed by atoms with Crippen molar-refractivity contribution in [3.8, 4) is 0 Å². The Morgan fingerprint density at radius 3 is 2.39 bits per heavy atom. The molecule has 266 valence electrons. The molecule has 2 N–H and O–H groups in total. The third-order valence-electron chi connectivity index (χ3n) is 8.21. The summed E-state index contributed by atoms with van der Waals surface area (Å²) >= 11 is 0.850. The van der Waals surface area contributed by atoms with E-state index in [1.165, 1.54) is 6.07 Å². The number of carbonyl (C=O) groups excluding carboxylic acids is 2. The van der Waals surface area contributed by atoms with Gasteiger partial charge in [-0.2, -0.15) is 8.67 Å². The molecule has 2 unspecified atom stereocenters. The van der Waals surface area contributed by atoms with Gasteiger partial charge in [-0.05, 0) is 93.7 Å². The summed E-state index contributed by atoms with van der Waals surface area (Å²) in [5, 5.41) is 4.04. The van der Waals surface area contributed by atoms with Gasteiger partial charge in [0, 0.05) is 30.4 Å². The van der Waals surface area contributed by atoms with Crippen LogP contribution in [-0.2, 0) is 19.9 Å². The molecule has 12 heteroatoms. The van der Waals surface area contributed by atoms with Gasteiger partial charge in [0.1, 0.15) is 16.4 Å².